The van der Waals surface area contributed by atoms with Crippen molar-refractivity contribution in [1.82, 2.24) is 5.32 Å². The normalized spacial score (nSPS) is 12.7. The van der Waals surface area contributed by atoms with Crippen molar-refractivity contribution in [2.24, 2.45) is 0 Å². The maximum absolute atomic E-state index is 13.0. The number of hydrogen-bond acceptors (Lipinski definition) is 7. The second-order valence-electron chi connectivity index (χ2n) is 5.76. The fourth-order valence-corrected chi connectivity index (χ4v) is 3.21. The molecule has 0 fully saturated rings. The first-order valence-corrected chi connectivity index (χ1v) is 8.37. The molecule has 1 aliphatic carbocycles. The molecule has 0 amide bonds. The lowest BCUT2D eigenvalue weighted by Gasteiger charge is -2.23. The van der Waals surface area contributed by atoms with E-state index >= 15 is 0 Å². The number of ketones is 2. The van der Waals surface area contributed by atoms with Crippen molar-refractivity contribution in [3.63, 3.8) is 0 Å². The Morgan fingerprint density at radius 3 is 2.04 bits per heavy atom. The fraction of sp³-hybridized carbons (Fsp3) is 0.222. The number of aliphatic hydroxyl groups excluding tert-OH is 1. The number of aromatic hydroxyl groups is 2. The number of halogens is 1. The van der Waals surface area contributed by atoms with Gasteiger partial charge in [0.25, 0.3) is 0 Å². The van der Waals surface area contributed by atoms with Crippen LogP contribution < -0.4 is 10.6 Å². The van der Waals surface area contributed by atoms with E-state index in [0.29, 0.717) is 25.3 Å². The summed E-state index contributed by atoms with van der Waals surface area (Å²) >= 11 is 6.15. The van der Waals surface area contributed by atoms with Crippen LogP contribution >= 0.6 is 11.6 Å². The van der Waals surface area contributed by atoms with Gasteiger partial charge in [0.05, 0.1) is 33.9 Å². The fourth-order valence-electron chi connectivity index (χ4n) is 2.96. The maximum atomic E-state index is 13.0. The molecule has 136 valence electrons. The topological polar surface area (TPSA) is 119 Å². The third-order valence-corrected chi connectivity index (χ3v) is 4.44. The Morgan fingerprint density at radius 1 is 0.808 bits per heavy atom. The molecule has 3 rings (SSSR count). The number of aliphatic hydroxyl groups is 1. The van der Waals surface area contributed by atoms with Crippen molar-refractivity contribution < 1.29 is 24.9 Å². The Balaban J connectivity index is 2.04. The van der Waals surface area contributed by atoms with Gasteiger partial charge >= 0.3 is 0 Å². The van der Waals surface area contributed by atoms with E-state index in [1.807, 2.05) is 0 Å². The molecular weight excluding hydrogens is 360 g/mol. The van der Waals surface area contributed by atoms with Gasteiger partial charge in [-0.1, -0.05) is 11.6 Å². The summed E-state index contributed by atoms with van der Waals surface area (Å²) in [6.07, 6.45) is 0. The third-order valence-electron chi connectivity index (χ3n) is 4.13. The summed E-state index contributed by atoms with van der Waals surface area (Å²) in [6, 6.07) is 5.41. The number of hydrogen-bond donors (Lipinski definition) is 5. The average molecular weight is 377 g/mol. The van der Waals surface area contributed by atoms with Crippen LogP contribution in [0, 0.1) is 0 Å². The van der Waals surface area contributed by atoms with E-state index in [1.54, 1.807) is 6.07 Å². The zero-order valence-electron chi connectivity index (χ0n) is 13.7. The first kappa shape index (κ1) is 18.2. The monoisotopic (exact) mass is 376 g/mol. The number of nitrogens with one attached hydrogen (secondary N) is 2. The first-order valence-electron chi connectivity index (χ1n) is 7.99. The van der Waals surface area contributed by atoms with E-state index in [4.69, 9.17) is 16.7 Å². The summed E-state index contributed by atoms with van der Waals surface area (Å²) < 4.78 is 0. The number of fused-ring (bicyclic) bond motifs is 2. The van der Waals surface area contributed by atoms with Gasteiger partial charge in [0.1, 0.15) is 11.5 Å². The van der Waals surface area contributed by atoms with Crippen molar-refractivity contribution in [1.29, 1.82) is 0 Å². The van der Waals surface area contributed by atoms with Crippen LogP contribution in [0.5, 0.6) is 11.5 Å². The summed E-state index contributed by atoms with van der Waals surface area (Å²) in [4.78, 5) is 25.8. The van der Waals surface area contributed by atoms with Crippen molar-refractivity contribution in [2.75, 3.05) is 31.6 Å². The van der Waals surface area contributed by atoms with Crippen LogP contribution in [0.3, 0.4) is 0 Å². The lowest BCUT2D eigenvalue weighted by molar-refractivity contribution is 0.0975. The number of benzene rings is 2. The quantitative estimate of drug-likeness (QED) is 0.327. The summed E-state index contributed by atoms with van der Waals surface area (Å²) in [5.41, 5.74) is -0.00392. The largest absolute Gasteiger partial charge is 0.507 e. The molecule has 2 aromatic rings. The molecule has 5 N–H and O–H groups in total. The zero-order chi connectivity index (χ0) is 18.8. The van der Waals surface area contributed by atoms with Crippen molar-refractivity contribution in [3.05, 3.63) is 51.5 Å². The average Bonchev–Trinajstić information content (AvgIpc) is 2.62. The molecule has 8 heteroatoms. The van der Waals surface area contributed by atoms with E-state index in [2.05, 4.69) is 10.6 Å². The Bertz CT molecular complexity index is 898. The summed E-state index contributed by atoms with van der Waals surface area (Å²) in [7, 11) is 0. The van der Waals surface area contributed by atoms with Crippen LogP contribution in [0.25, 0.3) is 0 Å². The Hall–Kier alpha value is -2.61. The van der Waals surface area contributed by atoms with Gasteiger partial charge < -0.3 is 26.0 Å². The van der Waals surface area contributed by atoms with E-state index in [9.17, 15) is 19.8 Å². The third kappa shape index (κ3) is 3.01. The summed E-state index contributed by atoms with van der Waals surface area (Å²) in [6.45, 7) is 1.43. The number of phenols is 2. The first-order chi connectivity index (χ1) is 12.5. The van der Waals surface area contributed by atoms with Gasteiger partial charge in [0.2, 0.25) is 5.78 Å². The molecule has 0 aliphatic heterocycles. The van der Waals surface area contributed by atoms with Crippen LogP contribution in [0.4, 0.5) is 5.69 Å². The van der Waals surface area contributed by atoms with E-state index in [0.717, 1.165) is 6.07 Å². The molecule has 0 bridgehead atoms. The highest BCUT2D eigenvalue weighted by Crippen LogP contribution is 2.41. The minimum Gasteiger partial charge on any atom is -0.507 e. The lowest BCUT2D eigenvalue weighted by atomic mass is 9.82. The molecule has 0 heterocycles. The number of rotatable bonds is 6. The van der Waals surface area contributed by atoms with E-state index < -0.39 is 11.6 Å². The van der Waals surface area contributed by atoms with Gasteiger partial charge in [0, 0.05) is 25.3 Å². The van der Waals surface area contributed by atoms with Crippen LogP contribution in [0.15, 0.2) is 24.3 Å². The second-order valence-corrected chi connectivity index (χ2v) is 6.16. The molecule has 0 radical (unpaired) electrons. The van der Waals surface area contributed by atoms with Crippen LogP contribution in [-0.2, 0) is 0 Å². The number of carbonyl (C=O) groups excluding carboxylic acids is 2. The number of anilines is 1. The van der Waals surface area contributed by atoms with Crippen LogP contribution in [0.1, 0.15) is 31.8 Å². The summed E-state index contributed by atoms with van der Waals surface area (Å²) in [5.74, 6) is -1.96. The molecule has 0 saturated heterocycles. The minimum absolute atomic E-state index is 0.00150. The predicted octanol–water partition coefficient (Wildman–Crippen LogP) is 1.52. The number of carbonyl (C=O) groups is 2. The lowest BCUT2D eigenvalue weighted by Crippen LogP contribution is -2.27. The molecule has 0 unspecified atom stereocenters. The van der Waals surface area contributed by atoms with Crippen LogP contribution in [0.2, 0.25) is 5.02 Å². The molecule has 26 heavy (non-hydrogen) atoms. The molecule has 2 aromatic carbocycles. The minimum atomic E-state index is -0.616. The molecule has 0 aromatic heterocycles. The van der Waals surface area contributed by atoms with Gasteiger partial charge in [-0.3, -0.25) is 9.59 Å². The summed E-state index contributed by atoms with van der Waals surface area (Å²) in [5, 5.41) is 34.9. The predicted molar refractivity (Wildman–Crippen MR) is 96.5 cm³/mol. The second kappa shape index (κ2) is 7.33. The molecule has 7 nitrogen and oxygen atoms in total. The highest BCUT2D eigenvalue weighted by molar-refractivity contribution is 6.40. The van der Waals surface area contributed by atoms with Crippen molar-refractivity contribution in [3.8, 4) is 11.5 Å². The Kier molecular flexibility index (Phi) is 5.13. The van der Waals surface area contributed by atoms with Gasteiger partial charge in [-0.05, 0) is 24.3 Å². The van der Waals surface area contributed by atoms with Gasteiger partial charge in [0.15, 0.2) is 5.78 Å². The molecule has 0 spiro atoms. The van der Waals surface area contributed by atoms with Gasteiger partial charge in [-0.25, -0.2) is 0 Å². The van der Waals surface area contributed by atoms with Crippen LogP contribution in [-0.4, -0.2) is 53.1 Å². The Morgan fingerprint density at radius 2 is 1.42 bits per heavy atom. The van der Waals surface area contributed by atoms with Gasteiger partial charge in [-0.2, -0.15) is 0 Å². The standard InChI is InChI=1S/C18H17ClN2O5/c19-9-1-2-10(21-6-5-20-7-8-22)14-13(9)17(25)15-11(23)3-4-12(24)16(15)18(14)26/h1-4,20-24H,5-8H2. The SMILES string of the molecule is O=C1c2c(O)ccc(O)c2C(=O)c2c(NCCNCCO)ccc(Cl)c21. The zero-order valence-corrected chi connectivity index (χ0v) is 14.4. The van der Waals surface area contributed by atoms with E-state index in [-0.39, 0.29) is 45.4 Å². The maximum Gasteiger partial charge on any atom is 0.200 e. The smallest absolute Gasteiger partial charge is 0.200 e. The highest BCUT2D eigenvalue weighted by Gasteiger charge is 2.37. The molecule has 1 aliphatic rings. The van der Waals surface area contributed by atoms with Gasteiger partial charge in [-0.15, -0.1) is 0 Å². The number of phenolic OH excluding ortho intramolecular Hbond substituents is 2. The van der Waals surface area contributed by atoms with Crippen molar-refractivity contribution >= 4 is 28.9 Å². The van der Waals surface area contributed by atoms with Crippen molar-refractivity contribution in [2.45, 2.75) is 0 Å². The molecular formula is C18H17ClN2O5. The highest BCUT2D eigenvalue weighted by atomic mass is 35.5. The molecule has 0 atom stereocenters. The molecule has 0 saturated carbocycles. The Labute approximate surface area is 154 Å². The van der Waals surface area contributed by atoms with E-state index in [1.165, 1.54) is 12.1 Å².